The molecule has 6 rings (SSSR count). The van der Waals surface area contributed by atoms with E-state index in [2.05, 4.69) is 27.4 Å². The van der Waals surface area contributed by atoms with Crippen molar-refractivity contribution in [2.24, 2.45) is 5.92 Å². The van der Waals surface area contributed by atoms with Gasteiger partial charge < -0.3 is 44.3 Å². The Hall–Kier alpha value is -6.26. The van der Waals surface area contributed by atoms with Crippen LogP contribution in [0.5, 0.6) is 11.5 Å². The molecule has 4 aromatic carbocycles. The van der Waals surface area contributed by atoms with E-state index in [0.29, 0.717) is 33.5 Å². The predicted molar refractivity (Wildman–Crippen MR) is 280 cm³/mol. The van der Waals surface area contributed by atoms with Crippen molar-refractivity contribution in [3.05, 3.63) is 142 Å². The summed E-state index contributed by atoms with van der Waals surface area (Å²) in [5.41, 5.74) is 5.08. The molecule has 17 heteroatoms. The van der Waals surface area contributed by atoms with E-state index in [0.717, 1.165) is 28.2 Å². The van der Waals surface area contributed by atoms with Gasteiger partial charge in [-0.05, 0) is 121 Å². The van der Waals surface area contributed by atoms with Crippen LogP contribution in [0.4, 0.5) is 0 Å². The number of nitrogens with zero attached hydrogens (tertiary/aromatic N) is 6. The number of benzene rings is 4. The SMILES string of the molecule is COC[C@@H]1NC(=O)[C@H](C)N(Cc2ccc(Cl)cc2Oc2ccc(-n3cnc(C(C)N(C)C)c3C)cc2)C(=O)C[C@@H](Cc2ccccc2)C(=O)N(C)[C@@H](C)[C@H](C)NC(=O)C[C@H](Cc2ccc(Cl)cc2)N(C)C1=O. The molecule has 384 valence electrons. The minimum absolute atomic E-state index is 0.0836. The van der Waals surface area contributed by atoms with E-state index < -0.39 is 53.8 Å². The van der Waals surface area contributed by atoms with Crippen LogP contribution in [-0.4, -0.2) is 131 Å². The van der Waals surface area contributed by atoms with Gasteiger partial charge in [0, 0.05) is 79.2 Å². The lowest BCUT2D eigenvalue weighted by Gasteiger charge is -2.36. The van der Waals surface area contributed by atoms with E-state index >= 15 is 4.79 Å². The Bertz CT molecular complexity index is 2660. The topological polar surface area (TPSA) is 159 Å². The summed E-state index contributed by atoms with van der Waals surface area (Å²) in [6, 6.07) is 25.2. The highest BCUT2D eigenvalue weighted by molar-refractivity contribution is 6.31. The summed E-state index contributed by atoms with van der Waals surface area (Å²) in [6.45, 7) is 9.05. The predicted octanol–water partition coefficient (Wildman–Crippen LogP) is 7.82. The average molecular weight is 1020 g/mol. The summed E-state index contributed by atoms with van der Waals surface area (Å²) in [6.07, 6.45) is 1.96. The zero-order valence-electron chi connectivity index (χ0n) is 42.9. The number of carbonyl (C=O) groups is 5. The fraction of sp³-hybridized carbons (Fsp3) is 0.418. The van der Waals surface area contributed by atoms with Gasteiger partial charge in [-0.2, -0.15) is 0 Å². The molecular weight excluding hydrogens is 956 g/mol. The molecule has 1 aliphatic heterocycles. The molecule has 1 unspecified atom stereocenters. The molecule has 0 saturated carbocycles. The highest BCUT2D eigenvalue weighted by Gasteiger charge is 2.37. The minimum Gasteiger partial charge on any atom is -0.457 e. The maximum atomic E-state index is 15.1. The van der Waals surface area contributed by atoms with Crippen molar-refractivity contribution < 1.29 is 33.4 Å². The molecule has 0 spiro atoms. The lowest BCUT2D eigenvalue weighted by Crippen LogP contribution is -2.58. The number of ether oxygens (including phenoxy) is 2. The normalized spacial score (nSPS) is 21.6. The maximum absolute atomic E-state index is 15.1. The van der Waals surface area contributed by atoms with Crippen LogP contribution in [-0.2, 0) is 48.1 Å². The zero-order chi connectivity index (χ0) is 52.4. The van der Waals surface area contributed by atoms with E-state index in [1.54, 1.807) is 62.6 Å². The average Bonchev–Trinajstić information content (AvgIpc) is 3.75. The van der Waals surface area contributed by atoms with Crippen molar-refractivity contribution in [2.75, 3.05) is 41.9 Å². The van der Waals surface area contributed by atoms with Gasteiger partial charge in [-0.25, -0.2) is 4.98 Å². The molecule has 0 aliphatic carbocycles. The molecule has 1 saturated heterocycles. The van der Waals surface area contributed by atoms with Gasteiger partial charge in [0.25, 0.3) is 0 Å². The van der Waals surface area contributed by atoms with E-state index in [4.69, 9.17) is 32.7 Å². The van der Waals surface area contributed by atoms with E-state index in [9.17, 15) is 19.2 Å². The van der Waals surface area contributed by atoms with Crippen molar-refractivity contribution in [3.8, 4) is 17.2 Å². The number of methoxy groups -OCH3 is 1. The van der Waals surface area contributed by atoms with Crippen molar-refractivity contribution in [2.45, 2.75) is 103 Å². The molecule has 2 N–H and O–H groups in total. The van der Waals surface area contributed by atoms with Crippen LogP contribution in [0.1, 0.15) is 74.7 Å². The Morgan fingerprint density at radius 1 is 0.792 bits per heavy atom. The van der Waals surface area contributed by atoms with Crippen molar-refractivity contribution in [1.29, 1.82) is 0 Å². The standard InChI is InChI=1S/C55H68Cl2N8O7/c1-34-35(2)62(8)54(69)42(26-39-14-12-11-13-15-39)28-51(67)64(38(5)53(68)60-48(32-71-10)55(70)63(9)46(30-50(66)59-34)27-40-16-19-43(56)20-17-40)31-41-18-21-44(57)29-49(41)72-47-24-22-45(23-25-47)65-33-58-52(37(65)4)36(3)61(6)7/h11-25,29,33-36,38,42,46,48H,26-28,30-32H2,1-10H3,(H,59,66)(H,60,68)/t34-,35-,36?,38-,42+,46-,48-/m0/s1. The summed E-state index contributed by atoms with van der Waals surface area (Å²) >= 11 is 12.8. The second-order valence-electron chi connectivity index (χ2n) is 19.1. The quantitative estimate of drug-likeness (QED) is 0.120. The van der Waals surface area contributed by atoms with Crippen LogP contribution >= 0.6 is 23.2 Å². The Morgan fingerprint density at radius 3 is 2.10 bits per heavy atom. The summed E-state index contributed by atoms with van der Waals surface area (Å²) < 4.78 is 14.0. The number of imidazole rings is 1. The van der Waals surface area contributed by atoms with Crippen LogP contribution in [0.25, 0.3) is 5.69 Å². The van der Waals surface area contributed by atoms with Gasteiger partial charge in [0.05, 0.1) is 37.1 Å². The number of rotatable bonds is 13. The molecule has 0 bridgehead atoms. The molecule has 5 amide bonds. The third-order valence-corrected chi connectivity index (χ3v) is 14.4. The molecule has 1 aliphatic rings. The molecule has 0 radical (unpaired) electrons. The molecule has 1 fully saturated rings. The number of nitrogens with one attached hydrogen (secondary N) is 2. The van der Waals surface area contributed by atoms with Crippen LogP contribution in [0.3, 0.4) is 0 Å². The van der Waals surface area contributed by atoms with Crippen molar-refractivity contribution >= 4 is 52.7 Å². The fourth-order valence-electron chi connectivity index (χ4n) is 8.90. The largest absolute Gasteiger partial charge is 0.457 e. The van der Waals surface area contributed by atoms with E-state index in [-0.39, 0.29) is 50.3 Å². The first-order valence-corrected chi connectivity index (χ1v) is 25.0. The molecule has 15 nitrogen and oxygen atoms in total. The van der Waals surface area contributed by atoms with Crippen molar-refractivity contribution in [3.63, 3.8) is 0 Å². The molecule has 5 aromatic rings. The van der Waals surface area contributed by atoms with Gasteiger partial charge in [0.1, 0.15) is 23.6 Å². The molecule has 2 heterocycles. The number of halogens is 2. The first-order chi connectivity index (χ1) is 34.3. The van der Waals surface area contributed by atoms with Crippen LogP contribution in [0.15, 0.2) is 103 Å². The molecule has 72 heavy (non-hydrogen) atoms. The van der Waals surface area contributed by atoms with Gasteiger partial charge >= 0.3 is 0 Å². The number of aromatic nitrogens is 2. The number of hydrogen-bond donors (Lipinski definition) is 2. The monoisotopic (exact) mass is 1020 g/mol. The Kier molecular flexibility index (Phi) is 19.1. The van der Waals surface area contributed by atoms with Gasteiger partial charge in [-0.3, -0.25) is 24.0 Å². The fourth-order valence-corrected chi connectivity index (χ4v) is 9.19. The van der Waals surface area contributed by atoms with E-state index in [1.165, 1.54) is 16.9 Å². The number of hydrogen-bond acceptors (Lipinski definition) is 9. The molecule has 1 aromatic heterocycles. The van der Waals surface area contributed by atoms with Crippen LogP contribution in [0.2, 0.25) is 10.0 Å². The number of amides is 5. The van der Waals surface area contributed by atoms with E-state index in [1.807, 2.05) is 106 Å². The van der Waals surface area contributed by atoms with Gasteiger partial charge in [-0.15, -0.1) is 0 Å². The lowest BCUT2D eigenvalue weighted by atomic mass is 9.92. The number of carbonyl (C=O) groups excluding carboxylic acids is 5. The highest BCUT2D eigenvalue weighted by atomic mass is 35.5. The first-order valence-electron chi connectivity index (χ1n) is 24.2. The maximum Gasteiger partial charge on any atom is 0.247 e. The Labute approximate surface area is 433 Å². The van der Waals surface area contributed by atoms with Crippen molar-refractivity contribution in [1.82, 2.24) is 39.8 Å². The summed E-state index contributed by atoms with van der Waals surface area (Å²) in [4.78, 5) is 84.2. The second-order valence-corrected chi connectivity index (χ2v) is 19.9. The van der Waals surface area contributed by atoms with Crippen LogP contribution in [0, 0.1) is 12.8 Å². The van der Waals surface area contributed by atoms with Gasteiger partial charge in [0.15, 0.2) is 0 Å². The summed E-state index contributed by atoms with van der Waals surface area (Å²) in [5, 5.41) is 6.85. The lowest BCUT2D eigenvalue weighted by molar-refractivity contribution is -0.147. The minimum atomic E-state index is -1.20. The Balaban J connectivity index is 1.37. The Morgan fingerprint density at radius 2 is 1.44 bits per heavy atom. The highest BCUT2D eigenvalue weighted by Crippen LogP contribution is 2.32. The smallest absolute Gasteiger partial charge is 0.247 e. The first kappa shape index (κ1) is 55.1. The van der Waals surface area contributed by atoms with Crippen LogP contribution < -0.4 is 15.4 Å². The summed E-state index contributed by atoms with van der Waals surface area (Å²) in [5.74, 6) is -2.30. The third kappa shape index (κ3) is 13.8. The summed E-state index contributed by atoms with van der Waals surface area (Å²) in [7, 11) is 8.71. The molecule has 7 atom stereocenters. The third-order valence-electron chi connectivity index (χ3n) is 13.9. The number of likely N-dealkylation sites (N-methyl/N-ethyl adjacent to an activating group) is 2. The molecular formula is C55H68Cl2N8O7. The zero-order valence-corrected chi connectivity index (χ0v) is 44.4. The van der Waals surface area contributed by atoms with Gasteiger partial charge in [-0.1, -0.05) is 71.7 Å². The second kappa shape index (κ2) is 24.9. The van der Waals surface area contributed by atoms with Gasteiger partial charge in [0.2, 0.25) is 29.5 Å².